The second-order valence-electron chi connectivity index (χ2n) is 4.79. The molecular weight excluding hydrogens is 233 g/mol. The number of benzene rings is 1. The molecular formula is C13H18FN3O. The van der Waals surface area contributed by atoms with Gasteiger partial charge in [-0.05, 0) is 43.4 Å². The molecule has 4 N–H and O–H groups in total. The predicted molar refractivity (Wildman–Crippen MR) is 67.9 cm³/mol. The van der Waals surface area contributed by atoms with Gasteiger partial charge in [-0.2, -0.15) is 0 Å². The molecule has 0 spiro atoms. The van der Waals surface area contributed by atoms with Crippen molar-refractivity contribution in [3.8, 4) is 0 Å². The molecule has 1 aromatic rings. The van der Waals surface area contributed by atoms with E-state index in [2.05, 4.69) is 17.4 Å². The van der Waals surface area contributed by atoms with Crippen LogP contribution in [0, 0.1) is 11.7 Å². The lowest BCUT2D eigenvalue weighted by Crippen LogP contribution is -2.28. The van der Waals surface area contributed by atoms with Crippen LogP contribution in [0.15, 0.2) is 23.4 Å². The van der Waals surface area contributed by atoms with Crippen molar-refractivity contribution in [2.45, 2.75) is 32.4 Å². The van der Waals surface area contributed by atoms with Gasteiger partial charge in [0.15, 0.2) is 5.84 Å². The molecule has 0 heterocycles. The average molecular weight is 251 g/mol. The molecule has 1 unspecified atom stereocenters. The van der Waals surface area contributed by atoms with E-state index >= 15 is 0 Å². The monoisotopic (exact) mass is 251 g/mol. The lowest BCUT2D eigenvalue weighted by atomic mass is 10.1. The zero-order chi connectivity index (χ0) is 13.1. The minimum absolute atomic E-state index is 0.0645. The fraction of sp³-hybridized carbons (Fsp3) is 0.462. The summed E-state index contributed by atoms with van der Waals surface area (Å²) in [5.74, 6) is 0.290. The number of hydrogen-bond acceptors (Lipinski definition) is 3. The van der Waals surface area contributed by atoms with Gasteiger partial charge in [-0.15, -0.1) is 0 Å². The van der Waals surface area contributed by atoms with Gasteiger partial charge in [-0.1, -0.05) is 11.2 Å². The predicted octanol–water partition coefficient (Wildman–Crippen LogP) is 1.81. The number of halogens is 1. The molecule has 0 saturated heterocycles. The van der Waals surface area contributed by atoms with Gasteiger partial charge >= 0.3 is 0 Å². The Morgan fingerprint density at radius 2 is 2.33 bits per heavy atom. The van der Waals surface area contributed by atoms with Crippen LogP contribution in [0.3, 0.4) is 0 Å². The maximum absolute atomic E-state index is 13.2. The fourth-order valence-electron chi connectivity index (χ4n) is 2.03. The number of hydrogen-bond donors (Lipinski definition) is 3. The molecule has 98 valence electrons. The highest BCUT2D eigenvalue weighted by atomic mass is 19.1. The Hall–Kier alpha value is -1.62. The first-order valence-electron chi connectivity index (χ1n) is 6.11. The third-order valence-corrected chi connectivity index (χ3v) is 3.40. The first kappa shape index (κ1) is 12.8. The molecule has 1 aliphatic carbocycles. The summed E-state index contributed by atoms with van der Waals surface area (Å²) in [5.41, 5.74) is 6.82. The molecule has 4 nitrogen and oxygen atoms in total. The molecule has 1 fully saturated rings. The zero-order valence-corrected chi connectivity index (χ0v) is 10.4. The van der Waals surface area contributed by atoms with E-state index in [0.29, 0.717) is 18.2 Å². The van der Waals surface area contributed by atoms with Crippen LogP contribution in [-0.4, -0.2) is 17.1 Å². The van der Waals surface area contributed by atoms with E-state index in [4.69, 9.17) is 10.9 Å². The van der Waals surface area contributed by atoms with E-state index in [1.807, 2.05) is 0 Å². The topological polar surface area (TPSA) is 70.6 Å². The summed E-state index contributed by atoms with van der Waals surface area (Å²) in [6.45, 7) is 2.73. The summed E-state index contributed by atoms with van der Waals surface area (Å²) in [7, 11) is 0. The Morgan fingerprint density at radius 3 is 2.94 bits per heavy atom. The van der Waals surface area contributed by atoms with Gasteiger partial charge in [-0.3, -0.25) is 0 Å². The van der Waals surface area contributed by atoms with E-state index < -0.39 is 5.82 Å². The van der Waals surface area contributed by atoms with Crippen LogP contribution < -0.4 is 11.1 Å². The minimum Gasteiger partial charge on any atom is -0.409 e. The third-order valence-electron chi connectivity index (χ3n) is 3.40. The number of rotatable bonds is 5. The molecule has 1 aromatic carbocycles. The molecule has 5 heteroatoms. The van der Waals surface area contributed by atoms with E-state index in [0.717, 1.165) is 11.5 Å². The highest BCUT2D eigenvalue weighted by Gasteiger charge is 2.27. The van der Waals surface area contributed by atoms with Crippen LogP contribution in [0.2, 0.25) is 0 Å². The van der Waals surface area contributed by atoms with Crippen molar-refractivity contribution >= 4 is 5.84 Å². The maximum atomic E-state index is 13.2. The van der Waals surface area contributed by atoms with Gasteiger partial charge in [0.25, 0.3) is 0 Å². The molecule has 18 heavy (non-hydrogen) atoms. The smallest absolute Gasteiger partial charge is 0.170 e. The Kier molecular flexibility index (Phi) is 3.81. The van der Waals surface area contributed by atoms with Gasteiger partial charge in [0.2, 0.25) is 0 Å². The normalized spacial score (nSPS) is 17.8. The quantitative estimate of drug-likeness (QED) is 0.323. The standard InChI is InChI=1S/C13H18FN3O/c1-8(9-2-3-9)16-7-10-4-5-11(14)6-12(10)13(15)17-18/h4-6,8-9,16,18H,2-3,7H2,1H3,(H2,15,17). The second-order valence-corrected chi connectivity index (χ2v) is 4.79. The van der Waals surface area contributed by atoms with Crippen LogP contribution >= 0.6 is 0 Å². The highest BCUT2D eigenvalue weighted by molar-refractivity contribution is 5.98. The van der Waals surface area contributed by atoms with Gasteiger partial charge in [-0.25, -0.2) is 4.39 Å². The van der Waals surface area contributed by atoms with E-state index in [-0.39, 0.29) is 5.84 Å². The number of nitrogens with zero attached hydrogens (tertiary/aromatic N) is 1. The van der Waals surface area contributed by atoms with Crippen molar-refractivity contribution in [1.29, 1.82) is 0 Å². The summed E-state index contributed by atoms with van der Waals surface area (Å²) in [6.07, 6.45) is 2.54. The second kappa shape index (κ2) is 5.35. The van der Waals surface area contributed by atoms with Crippen LogP contribution in [0.1, 0.15) is 30.9 Å². The Bertz CT molecular complexity index is 458. The summed E-state index contributed by atoms with van der Waals surface area (Å²) in [6, 6.07) is 4.77. The SMILES string of the molecule is CC(NCc1ccc(F)cc1C(N)=NO)C1CC1. The zero-order valence-electron chi connectivity index (χ0n) is 10.4. The number of nitrogens with two attached hydrogens (primary N) is 1. The first-order chi connectivity index (χ1) is 8.61. The van der Waals surface area contributed by atoms with Crippen LogP contribution in [0.5, 0.6) is 0 Å². The van der Waals surface area contributed by atoms with Crippen molar-refractivity contribution in [3.05, 3.63) is 35.1 Å². The molecule has 1 aliphatic rings. The molecule has 0 aromatic heterocycles. The highest BCUT2D eigenvalue weighted by Crippen LogP contribution is 2.32. The number of amidine groups is 1. The third kappa shape index (κ3) is 2.98. The molecule has 0 amide bonds. The average Bonchev–Trinajstić information content (AvgIpc) is 3.20. The summed E-state index contributed by atoms with van der Waals surface area (Å²) < 4.78 is 13.2. The number of nitrogens with one attached hydrogen (secondary N) is 1. The molecule has 0 aliphatic heterocycles. The van der Waals surface area contributed by atoms with Crippen molar-refractivity contribution in [1.82, 2.24) is 5.32 Å². The van der Waals surface area contributed by atoms with Gasteiger partial charge in [0.1, 0.15) is 5.82 Å². The lowest BCUT2D eigenvalue weighted by Gasteiger charge is -2.14. The van der Waals surface area contributed by atoms with Gasteiger partial charge < -0.3 is 16.3 Å². The summed E-state index contributed by atoms with van der Waals surface area (Å²) >= 11 is 0. The molecule has 1 atom stereocenters. The van der Waals surface area contributed by atoms with Crippen LogP contribution in [-0.2, 0) is 6.54 Å². The maximum Gasteiger partial charge on any atom is 0.170 e. The minimum atomic E-state index is -0.393. The molecule has 1 saturated carbocycles. The van der Waals surface area contributed by atoms with Gasteiger partial charge in [0, 0.05) is 18.2 Å². The molecule has 0 radical (unpaired) electrons. The Balaban J connectivity index is 2.10. The van der Waals surface area contributed by atoms with E-state index in [9.17, 15) is 4.39 Å². The molecule has 2 rings (SSSR count). The fourth-order valence-corrected chi connectivity index (χ4v) is 2.03. The Labute approximate surface area is 106 Å². The number of oxime groups is 1. The van der Waals surface area contributed by atoms with Crippen molar-refractivity contribution in [3.63, 3.8) is 0 Å². The summed E-state index contributed by atoms with van der Waals surface area (Å²) in [5, 5.41) is 15.0. The van der Waals surface area contributed by atoms with E-state index in [1.165, 1.54) is 25.0 Å². The largest absolute Gasteiger partial charge is 0.409 e. The lowest BCUT2D eigenvalue weighted by molar-refractivity contribution is 0.318. The van der Waals surface area contributed by atoms with E-state index in [1.54, 1.807) is 6.07 Å². The summed E-state index contributed by atoms with van der Waals surface area (Å²) in [4.78, 5) is 0. The van der Waals surface area contributed by atoms with Crippen molar-refractivity contribution < 1.29 is 9.60 Å². The first-order valence-corrected chi connectivity index (χ1v) is 6.11. The Morgan fingerprint density at radius 1 is 1.61 bits per heavy atom. The van der Waals surface area contributed by atoms with Crippen LogP contribution in [0.4, 0.5) is 4.39 Å². The molecule has 0 bridgehead atoms. The van der Waals surface area contributed by atoms with Gasteiger partial charge in [0.05, 0.1) is 0 Å². The van der Waals surface area contributed by atoms with Crippen molar-refractivity contribution in [2.24, 2.45) is 16.8 Å². The van der Waals surface area contributed by atoms with Crippen LogP contribution in [0.25, 0.3) is 0 Å². The van der Waals surface area contributed by atoms with Crippen molar-refractivity contribution in [2.75, 3.05) is 0 Å².